The van der Waals surface area contributed by atoms with Crippen molar-refractivity contribution in [3.05, 3.63) is 47.3 Å². The number of carbonyl (C=O) groups is 1. The van der Waals surface area contributed by atoms with Crippen LogP contribution in [0, 0.1) is 24.7 Å². The predicted octanol–water partition coefficient (Wildman–Crippen LogP) is 4.33. The van der Waals surface area contributed by atoms with Gasteiger partial charge in [0.2, 0.25) is 11.8 Å². The molecule has 3 rings (SSSR count). The summed E-state index contributed by atoms with van der Waals surface area (Å²) in [5, 5.41) is 0. The van der Waals surface area contributed by atoms with E-state index in [9.17, 15) is 9.18 Å². The van der Waals surface area contributed by atoms with Gasteiger partial charge in [-0.15, -0.1) is 6.42 Å². The largest absolute Gasteiger partial charge is 0.473 e. The second kappa shape index (κ2) is 9.77. The summed E-state index contributed by atoms with van der Waals surface area (Å²) in [5.74, 6) is 1.72. The molecule has 2 heterocycles. The Morgan fingerprint density at radius 2 is 2.03 bits per heavy atom. The zero-order valence-electron chi connectivity index (χ0n) is 17.2. The minimum absolute atomic E-state index is 0.0279. The standard InChI is InChI=1S/C22H21FN4O4/c1-5-17-20(30-16-8-10-27(11-9-16)22(28)29-14(2)3)25-13-26-21(17)31-19-7-6-15(24-4)12-18(19)23/h1,6-7,12-14,16H,8-11H2,2-3H3. The number of hydrogen-bond donors (Lipinski definition) is 0. The third-order valence-corrected chi connectivity index (χ3v) is 4.49. The molecule has 1 saturated heterocycles. The summed E-state index contributed by atoms with van der Waals surface area (Å²) < 4.78 is 30.9. The molecule has 0 N–H and O–H groups in total. The highest BCUT2D eigenvalue weighted by Gasteiger charge is 2.27. The molecule has 0 saturated carbocycles. The number of halogens is 1. The Kier molecular flexibility index (Phi) is 6.88. The summed E-state index contributed by atoms with van der Waals surface area (Å²) in [6, 6.07) is 3.82. The van der Waals surface area contributed by atoms with E-state index < -0.39 is 5.82 Å². The Morgan fingerprint density at radius 1 is 1.32 bits per heavy atom. The highest BCUT2D eigenvalue weighted by atomic mass is 19.1. The molecule has 8 nitrogen and oxygen atoms in total. The highest BCUT2D eigenvalue weighted by Crippen LogP contribution is 2.32. The second-order valence-electron chi connectivity index (χ2n) is 7.07. The Balaban J connectivity index is 1.69. The number of rotatable bonds is 5. The number of likely N-dealkylation sites (tertiary alicyclic amines) is 1. The zero-order valence-corrected chi connectivity index (χ0v) is 17.2. The van der Waals surface area contributed by atoms with E-state index in [1.165, 1.54) is 18.5 Å². The van der Waals surface area contributed by atoms with Crippen molar-refractivity contribution in [2.75, 3.05) is 13.1 Å². The molecule has 0 aliphatic carbocycles. The van der Waals surface area contributed by atoms with Gasteiger partial charge in [0.25, 0.3) is 0 Å². The van der Waals surface area contributed by atoms with E-state index >= 15 is 0 Å². The number of carbonyl (C=O) groups excluding carboxylic acids is 1. The highest BCUT2D eigenvalue weighted by molar-refractivity contribution is 5.67. The molecular weight excluding hydrogens is 403 g/mol. The van der Waals surface area contributed by atoms with E-state index in [0.29, 0.717) is 25.9 Å². The molecular formula is C22H21FN4O4. The van der Waals surface area contributed by atoms with Crippen LogP contribution in [0.3, 0.4) is 0 Å². The molecule has 1 aliphatic rings. The van der Waals surface area contributed by atoms with Gasteiger partial charge in [-0.2, -0.15) is 0 Å². The van der Waals surface area contributed by atoms with E-state index in [1.54, 1.807) is 18.7 Å². The van der Waals surface area contributed by atoms with E-state index in [4.69, 9.17) is 27.2 Å². The summed E-state index contributed by atoms with van der Waals surface area (Å²) in [4.78, 5) is 24.9. The summed E-state index contributed by atoms with van der Waals surface area (Å²) in [6.45, 7) is 11.5. The van der Waals surface area contributed by atoms with Crippen LogP contribution in [0.2, 0.25) is 0 Å². The third-order valence-electron chi connectivity index (χ3n) is 4.49. The van der Waals surface area contributed by atoms with Crippen molar-refractivity contribution >= 4 is 11.8 Å². The van der Waals surface area contributed by atoms with Gasteiger partial charge in [-0.25, -0.2) is 24.0 Å². The molecule has 9 heteroatoms. The minimum atomic E-state index is -0.710. The van der Waals surface area contributed by atoms with Crippen molar-refractivity contribution in [2.45, 2.75) is 38.9 Å². The predicted molar refractivity (Wildman–Crippen MR) is 110 cm³/mol. The van der Waals surface area contributed by atoms with Crippen LogP contribution in [0.4, 0.5) is 14.9 Å². The van der Waals surface area contributed by atoms with Gasteiger partial charge >= 0.3 is 6.09 Å². The smallest absolute Gasteiger partial charge is 0.410 e. The summed E-state index contributed by atoms with van der Waals surface area (Å²) in [6.07, 6.45) is 7.23. The average molecular weight is 424 g/mol. The van der Waals surface area contributed by atoms with Gasteiger partial charge in [-0.05, 0) is 26.0 Å². The van der Waals surface area contributed by atoms with Crippen molar-refractivity contribution < 1.29 is 23.4 Å². The van der Waals surface area contributed by atoms with Crippen molar-refractivity contribution in [1.29, 1.82) is 0 Å². The first-order valence-electron chi connectivity index (χ1n) is 9.70. The maximum atomic E-state index is 14.2. The fraction of sp³-hybridized carbons (Fsp3) is 0.364. The number of aromatic nitrogens is 2. The van der Waals surface area contributed by atoms with Crippen LogP contribution < -0.4 is 9.47 Å². The number of ether oxygens (including phenoxy) is 3. The van der Waals surface area contributed by atoms with Crippen LogP contribution in [-0.4, -0.2) is 46.3 Å². The van der Waals surface area contributed by atoms with E-state index in [1.807, 2.05) is 0 Å². The van der Waals surface area contributed by atoms with Gasteiger partial charge in [0.1, 0.15) is 18.0 Å². The van der Waals surface area contributed by atoms with Gasteiger partial charge in [-0.1, -0.05) is 12.0 Å². The molecule has 1 aromatic carbocycles. The lowest BCUT2D eigenvalue weighted by atomic mass is 10.1. The average Bonchev–Trinajstić information content (AvgIpc) is 2.75. The number of hydrogen-bond acceptors (Lipinski definition) is 6. The van der Waals surface area contributed by atoms with Crippen molar-refractivity contribution in [3.8, 4) is 29.9 Å². The molecule has 1 aromatic heterocycles. The molecule has 0 atom stereocenters. The lowest BCUT2D eigenvalue weighted by Gasteiger charge is -2.31. The van der Waals surface area contributed by atoms with Crippen molar-refractivity contribution in [1.82, 2.24) is 14.9 Å². The van der Waals surface area contributed by atoms with Crippen molar-refractivity contribution in [2.24, 2.45) is 0 Å². The third kappa shape index (κ3) is 5.40. The van der Waals surface area contributed by atoms with Crippen LogP contribution in [0.1, 0.15) is 32.3 Å². The second-order valence-corrected chi connectivity index (χ2v) is 7.07. The quantitative estimate of drug-likeness (QED) is 0.525. The fourth-order valence-corrected chi connectivity index (χ4v) is 2.98. The number of nitrogens with zero attached hydrogens (tertiary/aromatic N) is 4. The first kappa shape index (κ1) is 21.8. The molecule has 0 radical (unpaired) electrons. The lowest BCUT2D eigenvalue weighted by molar-refractivity contribution is 0.0506. The SMILES string of the molecule is [C-]#[N+]c1ccc(Oc2ncnc(OC3CCN(C(=O)OC(C)C)CC3)c2C#C)c(F)c1. The van der Waals surface area contributed by atoms with Gasteiger partial charge in [0.05, 0.1) is 12.7 Å². The Hall–Kier alpha value is -3.85. The zero-order chi connectivity index (χ0) is 22.4. The summed E-state index contributed by atoms with van der Waals surface area (Å²) in [5.41, 5.74) is 0.301. The molecule has 0 spiro atoms. The van der Waals surface area contributed by atoms with Gasteiger partial charge < -0.3 is 19.1 Å². The topological polar surface area (TPSA) is 78.1 Å². The number of piperidine rings is 1. The molecule has 0 bridgehead atoms. The van der Waals surface area contributed by atoms with Gasteiger partial charge in [-0.3, -0.25) is 0 Å². The fourth-order valence-electron chi connectivity index (χ4n) is 2.98. The monoisotopic (exact) mass is 424 g/mol. The van der Waals surface area contributed by atoms with Crippen LogP contribution in [0.25, 0.3) is 4.85 Å². The number of terminal acetylenes is 1. The molecule has 31 heavy (non-hydrogen) atoms. The van der Waals surface area contributed by atoms with E-state index in [2.05, 4.69) is 20.7 Å². The molecule has 0 unspecified atom stereocenters. The van der Waals surface area contributed by atoms with Gasteiger partial charge in [0, 0.05) is 25.9 Å². The first-order valence-corrected chi connectivity index (χ1v) is 9.70. The van der Waals surface area contributed by atoms with E-state index in [-0.39, 0.29) is 47.1 Å². The maximum absolute atomic E-state index is 14.2. The number of benzene rings is 1. The summed E-state index contributed by atoms with van der Waals surface area (Å²) >= 11 is 0. The van der Waals surface area contributed by atoms with Crippen LogP contribution in [0.5, 0.6) is 17.5 Å². The minimum Gasteiger partial charge on any atom is -0.473 e. The van der Waals surface area contributed by atoms with Gasteiger partial charge in [0.15, 0.2) is 17.3 Å². The molecule has 2 aromatic rings. The van der Waals surface area contributed by atoms with Crippen LogP contribution in [-0.2, 0) is 4.74 Å². The van der Waals surface area contributed by atoms with Crippen molar-refractivity contribution in [3.63, 3.8) is 0 Å². The first-order chi connectivity index (χ1) is 14.9. The maximum Gasteiger partial charge on any atom is 0.410 e. The summed E-state index contributed by atoms with van der Waals surface area (Å²) in [7, 11) is 0. The lowest BCUT2D eigenvalue weighted by Crippen LogP contribution is -2.42. The molecule has 1 aliphatic heterocycles. The molecule has 1 fully saturated rings. The van der Waals surface area contributed by atoms with Crippen LogP contribution >= 0.6 is 0 Å². The number of amides is 1. The normalized spacial score (nSPS) is 13.9. The Labute approximate surface area is 179 Å². The Bertz CT molecular complexity index is 1040. The van der Waals surface area contributed by atoms with E-state index in [0.717, 1.165) is 6.07 Å². The molecule has 160 valence electrons. The molecule has 1 amide bonds. The Morgan fingerprint density at radius 3 is 2.65 bits per heavy atom. The van der Waals surface area contributed by atoms with Crippen LogP contribution in [0.15, 0.2) is 24.5 Å².